The number of benzene rings is 1. The Labute approximate surface area is 167 Å². The van der Waals surface area contributed by atoms with E-state index >= 15 is 0 Å². The lowest BCUT2D eigenvalue weighted by Gasteiger charge is -2.24. The molecule has 0 saturated carbocycles. The summed E-state index contributed by atoms with van der Waals surface area (Å²) in [6, 6.07) is 9.06. The number of fused-ring (bicyclic) bond motifs is 1. The van der Waals surface area contributed by atoms with E-state index in [2.05, 4.69) is 20.7 Å². The molecule has 29 heavy (non-hydrogen) atoms. The number of aryl methyl sites for hydroxylation is 1. The van der Waals surface area contributed by atoms with Gasteiger partial charge in [-0.2, -0.15) is 5.10 Å². The Morgan fingerprint density at radius 2 is 1.97 bits per heavy atom. The van der Waals surface area contributed by atoms with Gasteiger partial charge in [0.25, 0.3) is 11.8 Å². The number of hydrogen-bond acceptors (Lipinski definition) is 4. The summed E-state index contributed by atoms with van der Waals surface area (Å²) in [5.74, 6) is -0.594. The molecule has 3 heterocycles. The molecule has 3 aromatic rings. The molecule has 8 heteroatoms. The Bertz CT molecular complexity index is 1020. The number of pyridine rings is 1. The second kappa shape index (κ2) is 8.22. The smallest absolute Gasteiger partial charge is 0.259 e. The average Bonchev–Trinajstić information content (AvgIpc) is 3.17. The van der Waals surface area contributed by atoms with Crippen LogP contribution in [-0.2, 0) is 13.0 Å². The maximum Gasteiger partial charge on any atom is 0.259 e. The van der Waals surface area contributed by atoms with Crippen LogP contribution in [0.3, 0.4) is 0 Å². The third kappa shape index (κ3) is 4.31. The number of carbonyl (C=O) groups excluding carboxylic acids is 2. The van der Waals surface area contributed by atoms with E-state index in [0.717, 1.165) is 12.1 Å². The highest BCUT2D eigenvalue weighted by atomic mass is 19.1. The van der Waals surface area contributed by atoms with Gasteiger partial charge in [0.05, 0.1) is 23.0 Å². The van der Waals surface area contributed by atoms with Crippen molar-refractivity contribution in [3.05, 3.63) is 77.6 Å². The van der Waals surface area contributed by atoms with Crippen molar-refractivity contribution in [2.75, 3.05) is 11.9 Å². The first-order chi connectivity index (χ1) is 14.1. The number of halogens is 1. The molecule has 0 saturated heterocycles. The first-order valence-corrected chi connectivity index (χ1v) is 9.40. The van der Waals surface area contributed by atoms with Gasteiger partial charge in [-0.05, 0) is 55.2 Å². The Hall–Kier alpha value is -3.55. The topological polar surface area (TPSA) is 88.9 Å². The summed E-state index contributed by atoms with van der Waals surface area (Å²) in [4.78, 5) is 28.8. The Morgan fingerprint density at radius 1 is 1.14 bits per heavy atom. The standard InChI is InChI=1S/C21H20FN5O2/c22-16-3-5-17(6-4-16)26-21(29)18-13-25-27-9-7-14(10-19(18)27)11-24-20(28)15-2-1-8-23-12-15/h1-6,8,12-14H,7,9-11H2,(H,24,28)(H,26,29)/t14-/m1/s1. The molecule has 4 rings (SSSR count). The summed E-state index contributed by atoms with van der Waals surface area (Å²) in [7, 11) is 0. The van der Waals surface area contributed by atoms with Crippen molar-refractivity contribution in [1.82, 2.24) is 20.1 Å². The molecular weight excluding hydrogens is 373 g/mol. The van der Waals surface area contributed by atoms with Crippen molar-refractivity contribution >= 4 is 17.5 Å². The Balaban J connectivity index is 1.40. The number of hydrogen-bond donors (Lipinski definition) is 2. The quantitative estimate of drug-likeness (QED) is 0.698. The SMILES string of the molecule is O=C(NC[C@@H]1CCn2ncc(C(=O)Nc3ccc(F)cc3)c2C1)c1cccnc1. The predicted molar refractivity (Wildman–Crippen MR) is 105 cm³/mol. The second-order valence-electron chi connectivity index (χ2n) is 7.00. The van der Waals surface area contributed by atoms with Crippen LogP contribution in [0.4, 0.5) is 10.1 Å². The molecule has 0 bridgehead atoms. The van der Waals surface area contributed by atoms with Crippen molar-refractivity contribution in [3.8, 4) is 0 Å². The number of anilines is 1. The van der Waals surface area contributed by atoms with Crippen LogP contribution in [0.5, 0.6) is 0 Å². The third-order valence-corrected chi connectivity index (χ3v) is 5.00. The van der Waals surface area contributed by atoms with E-state index < -0.39 is 0 Å². The van der Waals surface area contributed by atoms with Crippen LogP contribution in [0.2, 0.25) is 0 Å². The van der Waals surface area contributed by atoms with E-state index in [1.54, 1.807) is 24.5 Å². The first-order valence-electron chi connectivity index (χ1n) is 9.40. The molecule has 2 aromatic heterocycles. The monoisotopic (exact) mass is 393 g/mol. The van der Waals surface area contributed by atoms with E-state index in [4.69, 9.17) is 0 Å². The summed E-state index contributed by atoms with van der Waals surface area (Å²) in [5, 5.41) is 10.0. The summed E-state index contributed by atoms with van der Waals surface area (Å²) in [5.41, 5.74) is 2.38. The number of amides is 2. The lowest BCUT2D eigenvalue weighted by Crippen LogP contribution is -2.33. The van der Waals surface area contributed by atoms with Gasteiger partial charge < -0.3 is 10.6 Å². The average molecular weight is 393 g/mol. The molecule has 0 fully saturated rings. The van der Waals surface area contributed by atoms with Crippen LogP contribution >= 0.6 is 0 Å². The molecule has 148 valence electrons. The van der Waals surface area contributed by atoms with Gasteiger partial charge in [-0.25, -0.2) is 4.39 Å². The zero-order chi connectivity index (χ0) is 20.2. The largest absolute Gasteiger partial charge is 0.352 e. The Kier molecular flexibility index (Phi) is 5.33. The van der Waals surface area contributed by atoms with E-state index in [9.17, 15) is 14.0 Å². The summed E-state index contributed by atoms with van der Waals surface area (Å²) in [6.45, 7) is 1.20. The molecule has 7 nitrogen and oxygen atoms in total. The van der Waals surface area contributed by atoms with Crippen molar-refractivity contribution in [2.24, 2.45) is 5.92 Å². The van der Waals surface area contributed by atoms with Crippen LogP contribution < -0.4 is 10.6 Å². The van der Waals surface area contributed by atoms with Crippen molar-refractivity contribution in [1.29, 1.82) is 0 Å². The van der Waals surface area contributed by atoms with Gasteiger partial charge in [0.1, 0.15) is 5.82 Å². The third-order valence-electron chi connectivity index (χ3n) is 5.00. The molecule has 1 atom stereocenters. The highest BCUT2D eigenvalue weighted by Crippen LogP contribution is 2.23. The maximum absolute atomic E-state index is 13.0. The van der Waals surface area contributed by atoms with E-state index in [1.807, 2.05) is 4.68 Å². The van der Waals surface area contributed by atoms with Crippen LogP contribution in [0.15, 0.2) is 55.0 Å². The van der Waals surface area contributed by atoms with Gasteiger partial charge in [0.2, 0.25) is 0 Å². The van der Waals surface area contributed by atoms with Crippen molar-refractivity contribution in [3.63, 3.8) is 0 Å². The summed E-state index contributed by atoms with van der Waals surface area (Å²) < 4.78 is 14.9. The van der Waals surface area contributed by atoms with Gasteiger partial charge in [0, 0.05) is 31.2 Å². The zero-order valence-corrected chi connectivity index (χ0v) is 15.6. The highest BCUT2D eigenvalue weighted by molar-refractivity contribution is 6.05. The normalized spacial score (nSPS) is 15.4. The van der Waals surface area contributed by atoms with Gasteiger partial charge in [-0.15, -0.1) is 0 Å². The summed E-state index contributed by atoms with van der Waals surface area (Å²) >= 11 is 0. The molecule has 2 N–H and O–H groups in total. The van der Waals surface area contributed by atoms with Gasteiger partial charge >= 0.3 is 0 Å². The number of rotatable bonds is 5. The highest BCUT2D eigenvalue weighted by Gasteiger charge is 2.25. The molecule has 2 amide bonds. The number of nitrogens with zero attached hydrogens (tertiary/aromatic N) is 3. The number of aromatic nitrogens is 3. The van der Waals surface area contributed by atoms with Crippen molar-refractivity contribution in [2.45, 2.75) is 19.4 Å². The first kappa shape index (κ1) is 18.8. The molecule has 1 aliphatic heterocycles. The summed E-state index contributed by atoms with van der Waals surface area (Å²) in [6.07, 6.45) is 6.21. The minimum absolute atomic E-state index is 0.161. The molecule has 0 aliphatic carbocycles. The fourth-order valence-corrected chi connectivity index (χ4v) is 3.43. The van der Waals surface area contributed by atoms with Crippen LogP contribution in [0, 0.1) is 11.7 Å². The molecular formula is C21H20FN5O2. The minimum Gasteiger partial charge on any atom is -0.352 e. The van der Waals surface area contributed by atoms with Crippen LogP contribution in [0.1, 0.15) is 32.8 Å². The molecule has 0 radical (unpaired) electrons. The van der Waals surface area contributed by atoms with Gasteiger partial charge in [0.15, 0.2) is 0 Å². The molecule has 0 spiro atoms. The molecule has 1 aliphatic rings. The second-order valence-corrected chi connectivity index (χ2v) is 7.00. The number of carbonyl (C=O) groups is 2. The predicted octanol–water partition coefficient (Wildman–Crippen LogP) is 2.66. The van der Waals surface area contributed by atoms with Crippen molar-refractivity contribution < 1.29 is 14.0 Å². The van der Waals surface area contributed by atoms with Crippen LogP contribution in [-0.4, -0.2) is 33.1 Å². The maximum atomic E-state index is 13.0. The van der Waals surface area contributed by atoms with E-state index in [0.29, 0.717) is 36.3 Å². The zero-order valence-electron chi connectivity index (χ0n) is 15.6. The van der Waals surface area contributed by atoms with E-state index in [-0.39, 0.29) is 23.5 Å². The fourth-order valence-electron chi connectivity index (χ4n) is 3.43. The molecule has 1 aromatic carbocycles. The van der Waals surface area contributed by atoms with Gasteiger partial charge in [-0.1, -0.05) is 0 Å². The lowest BCUT2D eigenvalue weighted by molar-refractivity contribution is 0.0942. The van der Waals surface area contributed by atoms with Gasteiger partial charge in [-0.3, -0.25) is 19.3 Å². The lowest BCUT2D eigenvalue weighted by atomic mass is 9.94. The molecule has 0 unspecified atom stereocenters. The Morgan fingerprint density at radius 3 is 2.72 bits per heavy atom. The fraction of sp³-hybridized carbons (Fsp3) is 0.238. The minimum atomic E-state index is -0.359. The number of nitrogens with one attached hydrogen (secondary N) is 2. The van der Waals surface area contributed by atoms with E-state index in [1.165, 1.54) is 30.5 Å². The van der Waals surface area contributed by atoms with Crippen LogP contribution in [0.25, 0.3) is 0 Å².